The van der Waals surface area contributed by atoms with Crippen molar-refractivity contribution >= 4 is 11.8 Å². The molecule has 17 heavy (non-hydrogen) atoms. The van der Waals surface area contributed by atoms with Crippen molar-refractivity contribution in [2.75, 3.05) is 39.2 Å². The lowest BCUT2D eigenvalue weighted by atomic mass is 9.80. The van der Waals surface area contributed by atoms with Crippen LogP contribution in [0, 0.1) is 0 Å². The Morgan fingerprint density at radius 3 is 2.41 bits per heavy atom. The average Bonchev–Trinajstić information content (AvgIpc) is 2.34. The normalized spacial score (nSPS) is 19.8. The molecule has 0 aliphatic heterocycles. The summed E-state index contributed by atoms with van der Waals surface area (Å²) >= 11 is 1.96. The van der Waals surface area contributed by atoms with Gasteiger partial charge >= 0.3 is 0 Å². The van der Waals surface area contributed by atoms with Crippen LogP contribution in [0.2, 0.25) is 0 Å². The Hall–Kier alpha value is 0.270. The van der Waals surface area contributed by atoms with E-state index in [0.717, 1.165) is 0 Å². The summed E-state index contributed by atoms with van der Waals surface area (Å²) in [5, 5.41) is 3.69. The number of unbranched alkanes of at least 4 members (excludes halogenated alkanes) is 1. The summed E-state index contributed by atoms with van der Waals surface area (Å²) in [6.07, 6.45) is 11.9. The van der Waals surface area contributed by atoms with E-state index in [1.165, 1.54) is 63.8 Å². The molecule has 0 radical (unpaired) electrons. The second kappa shape index (κ2) is 8.39. The lowest BCUT2D eigenvalue weighted by molar-refractivity contribution is 0.0988. The van der Waals surface area contributed by atoms with Crippen LogP contribution in [-0.4, -0.2) is 49.6 Å². The standard InChI is InChI=1S/C14H30N2S/c1-16(2)14(9-5-4-6-10-14)13-15-11-7-8-12-17-3/h15H,4-13H2,1-3H3. The Morgan fingerprint density at radius 2 is 1.82 bits per heavy atom. The predicted octanol–water partition coefficient (Wildman–Crippen LogP) is 2.98. The van der Waals surface area contributed by atoms with Crippen molar-refractivity contribution in [2.45, 2.75) is 50.5 Å². The third kappa shape index (κ3) is 5.19. The largest absolute Gasteiger partial charge is 0.315 e. The van der Waals surface area contributed by atoms with E-state index in [0.29, 0.717) is 5.54 Å². The molecule has 1 saturated carbocycles. The predicted molar refractivity (Wildman–Crippen MR) is 80.0 cm³/mol. The first-order chi connectivity index (χ1) is 8.21. The third-order valence-corrected chi connectivity index (χ3v) is 4.84. The van der Waals surface area contributed by atoms with Crippen LogP contribution in [0.3, 0.4) is 0 Å². The SMILES string of the molecule is CSCCCCNCC1(N(C)C)CCCCC1. The summed E-state index contributed by atoms with van der Waals surface area (Å²) in [7, 11) is 4.50. The fraction of sp³-hybridized carbons (Fsp3) is 1.00. The molecule has 0 spiro atoms. The average molecular weight is 258 g/mol. The van der Waals surface area contributed by atoms with Crippen molar-refractivity contribution in [3.05, 3.63) is 0 Å². The molecule has 1 aliphatic carbocycles. The van der Waals surface area contributed by atoms with Crippen molar-refractivity contribution in [1.29, 1.82) is 0 Å². The summed E-state index contributed by atoms with van der Waals surface area (Å²) in [6, 6.07) is 0. The van der Waals surface area contributed by atoms with Gasteiger partial charge in [-0.05, 0) is 58.3 Å². The minimum Gasteiger partial charge on any atom is -0.315 e. The number of rotatable bonds is 8. The van der Waals surface area contributed by atoms with Crippen LogP contribution in [0.4, 0.5) is 0 Å². The second-order valence-electron chi connectivity index (χ2n) is 5.56. The molecule has 0 aromatic carbocycles. The quantitative estimate of drug-likeness (QED) is 0.674. The molecule has 1 rings (SSSR count). The zero-order chi connectivity index (χ0) is 12.6. The highest BCUT2D eigenvalue weighted by Gasteiger charge is 2.33. The van der Waals surface area contributed by atoms with Crippen molar-refractivity contribution in [2.24, 2.45) is 0 Å². The highest BCUT2D eigenvalue weighted by Crippen LogP contribution is 2.31. The van der Waals surface area contributed by atoms with E-state index in [9.17, 15) is 0 Å². The molecule has 0 aromatic heterocycles. The van der Waals surface area contributed by atoms with E-state index in [2.05, 4.69) is 30.6 Å². The van der Waals surface area contributed by atoms with Gasteiger partial charge in [0.05, 0.1) is 0 Å². The summed E-state index contributed by atoms with van der Waals surface area (Å²) in [5.41, 5.74) is 0.442. The first-order valence-corrected chi connectivity index (χ1v) is 8.48. The van der Waals surface area contributed by atoms with Gasteiger partial charge in [-0.3, -0.25) is 0 Å². The molecule has 0 amide bonds. The Morgan fingerprint density at radius 1 is 1.12 bits per heavy atom. The molecule has 2 nitrogen and oxygen atoms in total. The van der Waals surface area contributed by atoms with Gasteiger partial charge in [-0.15, -0.1) is 0 Å². The highest BCUT2D eigenvalue weighted by molar-refractivity contribution is 7.98. The van der Waals surface area contributed by atoms with E-state index < -0.39 is 0 Å². The summed E-state index contributed by atoms with van der Waals surface area (Å²) in [6.45, 7) is 2.37. The summed E-state index contributed by atoms with van der Waals surface area (Å²) in [4.78, 5) is 2.46. The second-order valence-corrected chi connectivity index (χ2v) is 6.54. The first-order valence-electron chi connectivity index (χ1n) is 7.08. The number of thioether (sulfide) groups is 1. The molecular weight excluding hydrogens is 228 g/mol. The van der Waals surface area contributed by atoms with Crippen LogP contribution >= 0.6 is 11.8 Å². The van der Waals surface area contributed by atoms with Gasteiger partial charge in [0.2, 0.25) is 0 Å². The fourth-order valence-electron chi connectivity index (χ4n) is 2.81. The minimum absolute atomic E-state index is 0.442. The Bertz CT molecular complexity index is 189. The van der Waals surface area contributed by atoms with Gasteiger partial charge in [0.15, 0.2) is 0 Å². The molecule has 1 N–H and O–H groups in total. The molecule has 102 valence electrons. The van der Waals surface area contributed by atoms with Gasteiger partial charge in [0, 0.05) is 12.1 Å². The lowest BCUT2D eigenvalue weighted by Gasteiger charge is -2.43. The molecule has 0 atom stereocenters. The summed E-state index contributed by atoms with van der Waals surface area (Å²) < 4.78 is 0. The van der Waals surface area contributed by atoms with Gasteiger partial charge < -0.3 is 10.2 Å². The van der Waals surface area contributed by atoms with E-state index >= 15 is 0 Å². The van der Waals surface area contributed by atoms with Crippen molar-refractivity contribution in [3.8, 4) is 0 Å². The zero-order valence-electron chi connectivity index (χ0n) is 11.9. The van der Waals surface area contributed by atoms with Crippen molar-refractivity contribution in [1.82, 2.24) is 10.2 Å². The van der Waals surface area contributed by atoms with Gasteiger partial charge in [0.1, 0.15) is 0 Å². The van der Waals surface area contributed by atoms with Gasteiger partial charge in [-0.25, -0.2) is 0 Å². The number of nitrogens with one attached hydrogen (secondary N) is 1. The smallest absolute Gasteiger partial charge is 0.0327 e. The molecular formula is C14H30N2S. The molecule has 1 aliphatic rings. The van der Waals surface area contributed by atoms with Crippen LogP contribution in [-0.2, 0) is 0 Å². The zero-order valence-corrected chi connectivity index (χ0v) is 12.7. The van der Waals surface area contributed by atoms with E-state index in [1.54, 1.807) is 0 Å². The molecule has 1 fully saturated rings. The molecule has 0 heterocycles. The fourth-order valence-corrected chi connectivity index (χ4v) is 3.30. The molecule has 0 saturated heterocycles. The van der Waals surface area contributed by atoms with Crippen LogP contribution in [0.1, 0.15) is 44.9 Å². The van der Waals surface area contributed by atoms with Crippen LogP contribution in [0.15, 0.2) is 0 Å². The monoisotopic (exact) mass is 258 g/mol. The molecule has 0 bridgehead atoms. The van der Waals surface area contributed by atoms with E-state index in [-0.39, 0.29) is 0 Å². The van der Waals surface area contributed by atoms with E-state index in [4.69, 9.17) is 0 Å². The van der Waals surface area contributed by atoms with E-state index in [1.807, 2.05) is 11.8 Å². The van der Waals surface area contributed by atoms with Crippen LogP contribution < -0.4 is 5.32 Å². The Kier molecular flexibility index (Phi) is 7.56. The Balaban J connectivity index is 2.20. The number of hydrogen-bond acceptors (Lipinski definition) is 3. The number of hydrogen-bond donors (Lipinski definition) is 1. The number of likely N-dealkylation sites (N-methyl/N-ethyl adjacent to an activating group) is 1. The first kappa shape index (κ1) is 15.3. The molecule has 3 heteroatoms. The van der Waals surface area contributed by atoms with Gasteiger partial charge in [-0.1, -0.05) is 19.3 Å². The Labute approximate surface area is 112 Å². The van der Waals surface area contributed by atoms with Crippen LogP contribution in [0.5, 0.6) is 0 Å². The maximum Gasteiger partial charge on any atom is 0.0327 e. The summed E-state index contributed by atoms with van der Waals surface area (Å²) in [5.74, 6) is 1.31. The van der Waals surface area contributed by atoms with Crippen LogP contribution in [0.25, 0.3) is 0 Å². The topological polar surface area (TPSA) is 15.3 Å². The van der Waals surface area contributed by atoms with Gasteiger partial charge in [0.25, 0.3) is 0 Å². The maximum absolute atomic E-state index is 3.69. The van der Waals surface area contributed by atoms with Crippen molar-refractivity contribution < 1.29 is 0 Å². The van der Waals surface area contributed by atoms with Gasteiger partial charge in [-0.2, -0.15) is 11.8 Å². The highest BCUT2D eigenvalue weighted by atomic mass is 32.2. The number of nitrogens with zero attached hydrogens (tertiary/aromatic N) is 1. The van der Waals surface area contributed by atoms with Crippen molar-refractivity contribution in [3.63, 3.8) is 0 Å². The molecule has 0 aromatic rings. The lowest BCUT2D eigenvalue weighted by Crippen LogP contribution is -2.52. The maximum atomic E-state index is 3.69. The third-order valence-electron chi connectivity index (χ3n) is 4.14. The minimum atomic E-state index is 0.442. The molecule has 0 unspecified atom stereocenters.